The number of nitrogens with zero attached hydrogens (tertiary/aromatic N) is 3. The molecular formula is C28H21Cl2N3O2. The Morgan fingerprint density at radius 3 is 2.37 bits per heavy atom. The van der Waals surface area contributed by atoms with E-state index in [0.29, 0.717) is 10.0 Å². The number of benzene rings is 3. The summed E-state index contributed by atoms with van der Waals surface area (Å²) in [6.07, 6.45) is 3.51. The van der Waals surface area contributed by atoms with E-state index in [1.165, 1.54) is 0 Å². The summed E-state index contributed by atoms with van der Waals surface area (Å²) >= 11 is 12.9. The van der Waals surface area contributed by atoms with Crippen LogP contribution >= 0.6 is 23.2 Å². The minimum atomic E-state index is -0.874. The van der Waals surface area contributed by atoms with Crippen molar-refractivity contribution in [2.24, 2.45) is 0 Å². The number of carboxylic acids is 1. The molecule has 174 valence electrons. The van der Waals surface area contributed by atoms with Crippen molar-refractivity contribution < 1.29 is 9.90 Å². The summed E-state index contributed by atoms with van der Waals surface area (Å²) in [6.45, 7) is 0. The van der Waals surface area contributed by atoms with E-state index in [1.54, 1.807) is 6.20 Å². The van der Waals surface area contributed by atoms with Crippen molar-refractivity contribution >= 4 is 51.6 Å². The lowest BCUT2D eigenvalue weighted by Gasteiger charge is -2.22. The lowest BCUT2D eigenvalue weighted by molar-refractivity contribution is -0.136. The Morgan fingerprint density at radius 1 is 0.943 bits per heavy atom. The van der Waals surface area contributed by atoms with Gasteiger partial charge in [0.25, 0.3) is 0 Å². The molecule has 0 radical (unpaired) electrons. The van der Waals surface area contributed by atoms with Crippen LogP contribution in [0, 0.1) is 0 Å². The molecule has 5 rings (SSSR count). The summed E-state index contributed by atoms with van der Waals surface area (Å²) in [5, 5.41) is 11.3. The van der Waals surface area contributed by atoms with Crippen molar-refractivity contribution in [3.05, 3.63) is 107 Å². The van der Waals surface area contributed by atoms with Crippen molar-refractivity contribution in [2.75, 3.05) is 11.9 Å². The summed E-state index contributed by atoms with van der Waals surface area (Å²) in [5.41, 5.74) is 6.08. The molecule has 2 heterocycles. The molecule has 0 atom stereocenters. The van der Waals surface area contributed by atoms with Crippen LogP contribution in [0.25, 0.3) is 27.8 Å². The molecule has 0 spiro atoms. The van der Waals surface area contributed by atoms with E-state index in [4.69, 9.17) is 23.2 Å². The molecule has 35 heavy (non-hydrogen) atoms. The Labute approximate surface area is 212 Å². The van der Waals surface area contributed by atoms with Crippen LogP contribution < -0.4 is 4.90 Å². The fourth-order valence-corrected chi connectivity index (χ4v) is 4.95. The average molecular weight is 502 g/mol. The minimum absolute atomic E-state index is 0.0616. The van der Waals surface area contributed by atoms with Crippen molar-refractivity contribution in [1.29, 1.82) is 0 Å². The number of carboxylic acid groups (broad SMARTS) is 1. The Bertz CT molecular complexity index is 1540. The lowest BCUT2D eigenvalue weighted by Crippen LogP contribution is -2.10. The number of rotatable bonds is 6. The van der Waals surface area contributed by atoms with Crippen LogP contribution in [-0.4, -0.2) is 27.7 Å². The van der Waals surface area contributed by atoms with Crippen molar-refractivity contribution in [2.45, 2.75) is 6.42 Å². The SMILES string of the molecule is CN(c1cccc(-c2cccc(-n3cc(CC(=O)O)c4cccnc43)c2)c1)c1c(Cl)cccc1Cl. The molecule has 0 bridgehead atoms. The van der Waals surface area contributed by atoms with Crippen molar-refractivity contribution in [3.63, 3.8) is 0 Å². The predicted octanol–water partition coefficient (Wildman–Crippen LogP) is 7.39. The number of halogens is 2. The second-order valence-corrected chi connectivity index (χ2v) is 9.01. The van der Waals surface area contributed by atoms with E-state index in [9.17, 15) is 9.90 Å². The van der Waals surface area contributed by atoms with Gasteiger partial charge in [-0.15, -0.1) is 0 Å². The predicted molar refractivity (Wildman–Crippen MR) is 142 cm³/mol. The molecule has 0 aliphatic heterocycles. The summed E-state index contributed by atoms with van der Waals surface area (Å²) < 4.78 is 1.94. The fraction of sp³-hybridized carbons (Fsp3) is 0.0714. The molecule has 0 aliphatic rings. The highest BCUT2D eigenvalue weighted by Gasteiger charge is 2.15. The maximum Gasteiger partial charge on any atom is 0.307 e. The number of aromatic nitrogens is 2. The van der Waals surface area contributed by atoms with Gasteiger partial charge in [0.2, 0.25) is 0 Å². The highest BCUT2D eigenvalue weighted by molar-refractivity contribution is 6.39. The first-order chi connectivity index (χ1) is 16.9. The smallest absolute Gasteiger partial charge is 0.307 e. The lowest BCUT2D eigenvalue weighted by atomic mass is 10.0. The number of aliphatic carboxylic acids is 1. The van der Waals surface area contributed by atoms with E-state index >= 15 is 0 Å². The van der Waals surface area contributed by atoms with Gasteiger partial charge in [-0.05, 0) is 65.2 Å². The molecule has 3 aromatic carbocycles. The topological polar surface area (TPSA) is 58.4 Å². The maximum absolute atomic E-state index is 11.4. The zero-order chi connectivity index (χ0) is 24.5. The first-order valence-electron chi connectivity index (χ1n) is 11.0. The van der Waals surface area contributed by atoms with Gasteiger partial charge in [0, 0.05) is 36.2 Å². The Balaban J connectivity index is 1.55. The van der Waals surface area contributed by atoms with E-state index < -0.39 is 5.97 Å². The third kappa shape index (κ3) is 4.48. The maximum atomic E-state index is 11.4. The van der Waals surface area contributed by atoms with Crippen molar-refractivity contribution in [1.82, 2.24) is 9.55 Å². The number of para-hydroxylation sites is 1. The Kier molecular flexibility index (Phi) is 6.20. The Morgan fingerprint density at radius 2 is 1.63 bits per heavy atom. The second kappa shape index (κ2) is 9.45. The van der Waals surface area contributed by atoms with Gasteiger partial charge in [-0.2, -0.15) is 0 Å². The quantitative estimate of drug-likeness (QED) is 0.263. The Hall–Kier alpha value is -3.80. The second-order valence-electron chi connectivity index (χ2n) is 8.20. The molecule has 7 heteroatoms. The summed E-state index contributed by atoms with van der Waals surface area (Å²) in [4.78, 5) is 17.9. The number of hydrogen-bond donors (Lipinski definition) is 1. The van der Waals surface area contributed by atoms with E-state index in [1.807, 2.05) is 89.4 Å². The largest absolute Gasteiger partial charge is 0.481 e. The molecule has 0 fully saturated rings. The highest BCUT2D eigenvalue weighted by Crippen LogP contribution is 2.38. The monoisotopic (exact) mass is 501 g/mol. The van der Waals surface area contributed by atoms with Crippen LogP contribution in [0.15, 0.2) is 91.3 Å². The van der Waals surface area contributed by atoms with Gasteiger partial charge in [-0.3, -0.25) is 4.79 Å². The molecule has 5 aromatic rings. The number of pyridine rings is 1. The average Bonchev–Trinajstić information content (AvgIpc) is 3.22. The van der Waals surface area contributed by atoms with Gasteiger partial charge < -0.3 is 14.6 Å². The van der Waals surface area contributed by atoms with Crippen LogP contribution in [0.2, 0.25) is 10.0 Å². The third-order valence-electron chi connectivity index (χ3n) is 5.95. The molecule has 0 saturated carbocycles. The van der Waals surface area contributed by atoms with Crippen LogP contribution in [0.1, 0.15) is 5.56 Å². The molecule has 5 nitrogen and oxygen atoms in total. The summed E-state index contributed by atoms with van der Waals surface area (Å²) in [5.74, 6) is -0.874. The summed E-state index contributed by atoms with van der Waals surface area (Å²) in [6, 6.07) is 25.4. The van der Waals surface area contributed by atoms with E-state index in [0.717, 1.165) is 44.8 Å². The number of fused-ring (bicyclic) bond motifs is 1. The standard InChI is InChI=1S/C28H21Cl2N3O2/c1-32(27-24(29)11-4-12-25(27)30)21-8-2-6-18(14-21)19-7-3-9-22(15-19)33-17-20(16-26(34)35)23-10-5-13-31-28(23)33/h2-15,17H,16H2,1H3,(H,34,35). The van der Waals surface area contributed by atoms with Crippen LogP contribution in [-0.2, 0) is 11.2 Å². The first-order valence-corrected chi connectivity index (χ1v) is 11.7. The van der Waals surface area contributed by atoms with E-state index in [-0.39, 0.29) is 6.42 Å². The van der Waals surface area contributed by atoms with Crippen LogP contribution in [0.5, 0.6) is 0 Å². The van der Waals surface area contributed by atoms with Gasteiger partial charge in [0.05, 0.1) is 22.2 Å². The third-order valence-corrected chi connectivity index (χ3v) is 6.56. The minimum Gasteiger partial charge on any atom is -0.481 e. The molecular weight excluding hydrogens is 481 g/mol. The van der Waals surface area contributed by atoms with Gasteiger partial charge in [0.15, 0.2) is 0 Å². The molecule has 0 amide bonds. The zero-order valence-electron chi connectivity index (χ0n) is 18.8. The molecule has 0 saturated heterocycles. The highest BCUT2D eigenvalue weighted by atomic mass is 35.5. The molecule has 2 aromatic heterocycles. The summed E-state index contributed by atoms with van der Waals surface area (Å²) in [7, 11) is 1.93. The zero-order valence-corrected chi connectivity index (χ0v) is 20.3. The first kappa shape index (κ1) is 23.0. The molecule has 0 aliphatic carbocycles. The van der Waals surface area contributed by atoms with Crippen LogP contribution in [0.4, 0.5) is 11.4 Å². The van der Waals surface area contributed by atoms with E-state index in [2.05, 4.69) is 17.1 Å². The molecule has 0 unspecified atom stereocenters. The van der Waals surface area contributed by atoms with Gasteiger partial charge in [-0.25, -0.2) is 4.98 Å². The molecule has 1 N–H and O–H groups in total. The van der Waals surface area contributed by atoms with Gasteiger partial charge in [0.1, 0.15) is 5.65 Å². The van der Waals surface area contributed by atoms with Gasteiger partial charge in [-0.1, -0.05) is 53.5 Å². The van der Waals surface area contributed by atoms with Gasteiger partial charge >= 0.3 is 5.97 Å². The fourth-order valence-electron chi connectivity index (χ4n) is 4.29. The normalized spacial score (nSPS) is 11.1. The number of hydrogen-bond acceptors (Lipinski definition) is 3. The van der Waals surface area contributed by atoms with Crippen molar-refractivity contribution in [3.8, 4) is 16.8 Å². The number of anilines is 2. The van der Waals surface area contributed by atoms with Crippen LogP contribution in [0.3, 0.4) is 0 Å². The number of carbonyl (C=O) groups is 1.